The number of hydrogen-bond donors (Lipinski definition) is 1. The normalized spacial score (nSPS) is 16.0. The number of aliphatic imine (C=N–C) groups is 1. The van der Waals surface area contributed by atoms with Crippen LogP contribution < -0.4 is 15.5 Å². The highest BCUT2D eigenvalue weighted by atomic mass is 19.1. The summed E-state index contributed by atoms with van der Waals surface area (Å²) in [5.74, 6) is -1.30. The first kappa shape index (κ1) is 24.7. The van der Waals surface area contributed by atoms with Crippen LogP contribution in [-0.4, -0.2) is 42.9 Å². The van der Waals surface area contributed by atoms with E-state index >= 15 is 4.39 Å². The molecule has 184 valence electrons. The number of ether oxygens (including phenoxy) is 1. The number of benzene rings is 3. The maximum Gasteiger partial charge on any atom is 0.321 e. The van der Waals surface area contributed by atoms with E-state index in [1.54, 1.807) is 55.5 Å². The quantitative estimate of drug-likeness (QED) is 0.511. The zero-order valence-electron chi connectivity index (χ0n) is 19.8. The van der Waals surface area contributed by atoms with E-state index in [1.807, 2.05) is 13.0 Å². The minimum absolute atomic E-state index is 0.123. The van der Waals surface area contributed by atoms with Crippen LogP contribution in [0.15, 0.2) is 77.8 Å². The number of aldehydes is 1. The first-order valence-corrected chi connectivity index (χ1v) is 11.3. The third-order valence-electron chi connectivity index (χ3n) is 5.73. The number of anilines is 2. The number of benzodiazepines with no additional fused rings is 1. The summed E-state index contributed by atoms with van der Waals surface area (Å²) in [4.78, 5) is 45.7. The van der Waals surface area contributed by atoms with Crippen LogP contribution in [0, 0.1) is 12.7 Å². The van der Waals surface area contributed by atoms with Crippen LogP contribution in [0.25, 0.3) is 0 Å². The van der Waals surface area contributed by atoms with Gasteiger partial charge in [-0.2, -0.15) is 0 Å². The van der Waals surface area contributed by atoms with Crippen molar-refractivity contribution in [3.8, 4) is 0 Å². The van der Waals surface area contributed by atoms with E-state index in [2.05, 4.69) is 4.99 Å². The van der Waals surface area contributed by atoms with Gasteiger partial charge in [0.15, 0.2) is 12.5 Å². The molecule has 1 unspecified atom stereocenters. The van der Waals surface area contributed by atoms with Gasteiger partial charge in [-0.1, -0.05) is 42.5 Å². The molecule has 9 heteroatoms. The lowest BCUT2D eigenvalue weighted by atomic mass is 9.99. The van der Waals surface area contributed by atoms with Gasteiger partial charge < -0.3 is 10.5 Å². The summed E-state index contributed by atoms with van der Waals surface area (Å²) in [7, 11) is 0. The Morgan fingerprint density at radius 1 is 1.14 bits per heavy atom. The smallest absolute Gasteiger partial charge is 0.321 e. The number of para-hydroxylation sites is 1. The Kier molecular flexibility index (Phi) is 7.21. The molecule has 3 aromatic rings. The Labute approximate surface area is 207 Å². The fourth-order valence-corrected chi connectivity index (χ4v) is 4.18. The third-order valence-corrected chi connectivity index (χ3v) is 5.73. The first-order chi connectivity index (χ1) is 17.4. The van der Waals surface area contributed by atoms with Crippen LogP contribution in [-0.2, 0) is 14.3 Å². The topological polar surface area (TPSA) is 105 Å². The number of amides is 3. The second kappa shape index (κ2) is 10.5. The Hall–Kier alpha value is -4.37. The molecule has 36 heavy (non-hydrogen) atoms. The Balaban J connectivity index is 2.03. The van der Waals surface area contributed by atoms with Gasteiger partial charge in [0.05, 0.1) is 11.4 Å². The predicted molar refractivity (Wildman–Crippen MR) is 134 cm³/mol. The highest BCUT2D eigenvalue weighted by Crippen LogP contribution is 2.33. The molecule has 2 N–H and O–H groups in total. The van der Waals surface area contributed by atoms with E-state index in [0.717, 1.165) is 15.4 Å². The molecule has 0 saturated carbocycles. The molecular weight excluding hydrogens is 463 g/mol. The summed E-state index contributed by atoms with van der Waals surface area (Å²) in [6, 6.07) is 18.5. The summed E-state index contributed by atoms with van der Waals surface area (Å²) in [5, 5.41) is 0. The fraction of sp³-hybridized carbons (Fsp3) is 0.185. The molecule has 4 rings (SSSR count). The summed E-state index contributed by atoms with van der Waals surface area (Å²) < 4.78 is 20.6. The van der Waals surface area contributed by atoms with Crippen molar-refractivity contribution in [3.63, 3.8) is 0 Å². The van der Waals surface area contributed by atoms with Gasteiger partial charge in [0.1, 0.15) is 5.82 Å². The van der Waals surface area contributed by atoms with Gasteiger partial charge in [-0.05, 0) is 49.7 Å². The Morgan fingerprint density at radius 2 is 1.83 bits per heavy atom. The molecule has 0 saturated heterocycles. The Bertz CT molecular complexity index is 1340. The number of aryl methyl sites for hydroxylation is 1. The molecule has 0 radical (unpaired) electrons. The summed E-state index contributed by atoms with van der Waals surface area (Å²) >= 11 is 0. The molecule has 0 bridgehead atoms. The van der Waals surface area contributed by atoms with E-state index in [0.29, 0.717) is 17.5 Å². The largest absolute Gasteiger partial charge is 0.351 e. The van der Waals surface area contributed by atoms with Crippen LogP contribution in [0.2, 0.25) is 0 Å². The molecule has 1 heterocycles. The zero-order chi connectivity index (χ0) is 25.8. The molecule has 1 aliphatic heterocycles. The van der Waals surface area contributed by atoms with Gasteiger partial charge in [-0.15, -0.1) is 0 Å². The molecule has 3 amide bonds. The first-order valence-electron chi connectivity index (χ1n) is 11.3. The number of nitrogens with two attached hydrogens (primary N) is 1. The second-order valence-electron chi connectivity index (χ2n) is 8.09. The predicted octanol–water partition coefficient (Wildman–Crippen LogP) is 3.79. The number of hydrogen-bond acceptors (Lipinski definition) is 5. The van der Waals surface area contributed by atoms with Crippen LogP contribution >= 0.6 is 0 Å². The number of halogens is 1. The van der Waals surface area contributed by atoms with E-state index < -0.39 is 30.1 Å². The SMILES string of the molecule is CCOC(C=O)N1C(=O)[C@@H](N(C(N)=O)c2cccc(C)c2)N=C(c2ccccc2F)c2ccccc21. The average molecular weight is 489 g/mol. The van der Waals surface area contributed by atoms with Crippen molar-refractivity contribution in [1.82, 2.24) is 0 Å². The summed E-state index contributed by atoms with van der Waals surface area (Å²) in [6.07, 6.45) is -2.37. The van der Waals surface area contributed by atoms with Gasteiger partial charge in [0, 0.05) is 23.4 Å². The van der Waals surface area contributed by atoms with Crippen molar-refractivity contribution < 1.29 is 23.5 Å². The van der Waals surface area contributed by atoms with Crippen molar-refractivity contribution in [2.24, 2.45) is 10.7 Å². The standard InChI is InChI=1S/C27H25FN4O4/c1-3-36-23(16-33)32-22-14-7-5-12-20(22)24(19-11-4-6-13-21(19)28)30-25(26(32)34)31(27(29)35)18-10-8-9-17(2)15-18/h4-16,23,25H,3H2,1-2H3,(H2,29,35)/t23?,25-/m1/s1. The van der Waals surface area contributed by atoms with Crippen molar-refractivity contribution in [3.05, 3.63) is 95.3 Å². The van der Waals surface area contributed by atoms with E-state index in [4.69, 9.17) is 10.5 Å². The number of primary amides is 1. The highest BCUT2D eigenvalue weighted by molar-refractivity contribution is 6.21. The highest BCUT2D eigenvalue weighted by Gasteiger charge is 2.41. The minimum atomic E-state index is -1.55. The maximum atomic E-state index is 15.0. The lowest BCUT2D eigenvalue weighted by Gasteiger charge is -2.33. The van der Waals surface area contributed by atoms with Crippen molar-refractivity contribution >= 4 is 35.3 Å². The molecule has 0 aromatic heterocycles. The molecule has 0 spiro atoms. The van der Waals surface area contributed by atoms with Crippen LogP contribution in [0.4, 0.5) is 20.6 Å². The Morgan fingerprint density at radius 3 is 2.47 bits per heavy atom. The number of carbonyl (C=O) groups is 3. The van der Waals surface area contributed by atoms with Gasteiger partial charge in [-0.3, -0.25) is 19.4 Å². The van der Waals surface area contributed by atoms with E-state index in [1.165, 1.54) is 18.2 Å². The van der Waals surface area contributed by atoms with E-state index in [9.17, 15) is 14.4 Å². The molecule has 2 atom stereocenters. The summed E-state index contributed by atoms with van der Waals surface area (Å²) in [5.41, 5.74) is 7.83. The molecule has 3 aromatic carbocycles. The average Bonchev–Trinajstić information content (AvgIpc) is 2.98. The van der Waals surface area contributed by atoms with Crippen LogP contribution in [0.5, 0.6) is 0 Å². The van der Waals surface area contributed by atoms with E-state index in [-0.39, 0.29) is 23.6 Å². The molecule has 1 aliphatic rings. The van der Waals surface area contributed by atoms with Gasteiger partial charge >= 0.3 is 6.03 Å². The van der Waals surface area contributed by atoms with Crippen molar-refractivity contribution in [1.29, 1.82) is 0 Å². The van der Waals surface area contributed by atoms with Crippen LogP contribution in [0.1, 0.15) is 23.6 Å². The lowest BCUT2D eigenvalue weighted by molar-refractivity contribution is -0.127. The number of nitrogens with zero attached hydrogens (tertiary/aromatic N) is 3. The number of carbonyl (C=O) groups excluding carboxylic acids is 3. The minimum Gasteiger partial charge on any atom is -0.351 e. The zero-order valence-corrected chi connectivity index (χ0v) is 19.8. The third kappa shape index (κ3) is 4.60. The van der Waals surface area contributed by atoms with Gasteiger partial charge in [-0.25, -0.2) is 14.2 Å². The second-order valence-corrected chi connectivity index (χ2v) is 8.09. The van der Waals surface area contributed by atoms with Crippen molar-refractivity contribution in [2.45, 2.75) is 26.2 Å². The molecule has 0 fully saturated rings. The van der Waals surface area contributed by atoms with Gasteiger partial charge in [0.2, 0.25) is 6.17 Å². The number of urea groups is 1. The fourth-order valence-electron chi connectivity index (χ4n) is 4.18. The molecule has 0 aliphatic carbocycles. The van der Waals surface area contributed by atoms with Crippen LogP contribution in [0.3, 0.4) is 0 Å². The molecular formula is C27H25FN4O4. The number of rotatable bonds is 7. The van der Waals surface area contributed by atoms with Gasteiger partial charge in [0.25, 0.3) is 5.91 Å². The lowest BCUT2D eigenvalue weighted by Crippen LogP contribution is -2.55. The monoisotopic (exact) mass is 488 g/mol. The number of fused-ring (bicyclic) bond motifs is 1. The molecule has 8 nitrogen and oxygen atoms in total. The summed E-state index contributed by atoms with van der Waals surface area (Å²) in [6.45, 7) is 3.65. The van der Waals surface area contributed by atoms with Crippen molar-refractivity contribution in [2.75, 3.05) is 16.4 Å². The maximum absolute atomic E-state index is 15.0.